The molecule has 0 aliphatic rings. The summed E-state index contributed by atoms with van der Waals surface area (Å²) in [6, 6.07) is 8.76. The number of aromatic nitrogens is 2. The molecule has 18 heavy (non-hydrogen) atoms. The van der Waals surface area contributed by atoms with E-state index in [4.69, 9.17) is 0 Å². The quantitative estimate of drug-likeness (QED) is 0.941. The smallest absolute Gasteiger partial charge is 0.0695 e. The molecule has 1 N–H and O–H groups in total. The zero-order valence-electron chi connectivity index (χ0n) is 10.9. The lowest BCUT2D eigenvalue weighted by Gasteiger charge is -2.18. The Hall–Kier alpha value is -1.13. The minimum atomic E-state index is 0.257. The Morgan fingerprint density at radius 3 is 2.67 bits per heavy atom. The minimum Gasteiger partial charge on any atom is -0.311 e. The summed E-state index contributed by atoms with van der Waals surface area (Å²) in [6.45, 7) is 2.15. The third-order valence-electron chi connectivity index (χ3n) is 3.30. The van der Waals surface area contributed by atoms with Crippen molar-refractivity contribution in [2.24, 2.45) is 7.05 Å². The van der Waals surface area contributed by atoms with Crippen LogP contribution in [0.1, 0.15) is 22.9 Å². The Morgan fingerprint density at radius 2 is 2.11 bits per heavy atom. The van der Waals surface area contributed by atoms with E-state index in [9.17, 15) is 0 Å². The molecule has 0 radical (unpaired) electrons. The minimum absolute atomic E-state index is 0.257. The normalized spacial score (nSPS) is 12.7. The Bertz CT molecular complexity index is 514. The molecule has 0 fully saturated rings. The highest BCUT2D eigenvalue weighted by atomic mass is 79.9. The van der Waals surface area contributed by atoms with E-state index in [0.717, 1.165) is 10.9 Å². The first kappa shape index (κ1) is 13.3. The number of benzene rings is 1. The van der Waals surface area contributed by atoms with Crippen molar-refractivity contribution in [3.63, 3.8) is 0 Å². The van der Waals surface area contributed by atoms with Gasteiger partial charge in [-0.2, -0.15) is 5.10 Å². The van der Waals surface area contributed by atoms with Gasteiger partial charge in [-0.05, 0) is 47.4 Å². The summed E-state index contributed by atoms with van der Waals surface area (Å²) >= 11 is 3.57. The van der Waals surface area contributed by atoms with E-state index < -0.39 is 0 Å². The average molecular weight is 308 g/mol. The van der Waals surface area contributed by atoms with E-state index in [-0.39, 0.29) is 6.04 Å². The summed E-state index contributed by atoms with van der Waals surface area (Å²) < 4.78 is 2.97. The second-order valence-corrected chi connectivity index (χ2v) is 5.33. The Labute approximate surface area is 116 Å². The van der Waals surface area contributed by atoms with Crippen LogP contribution in [-0.4, -0.2) is 16.8 Å². The number of halogens is 1. The van der Waals surface area contributed by atoms with E-state index in [1.807, 2.05) is 25.0 Å². The fourth-order valence-corrected chi connectivity index (χ4v) is 2.83. The van der Waals surface area contributed by atoms with Crippen molar-refractivity contribution in [1.29, 1.82) is 0 Å². The SMILES string of the molecule is CNC(Cc1ccccc1C)c1c(Br)cnn1C. The number of nitrogens with zero attached hydrogens (tertiary/aromatic N) is 2. The number of likely N-dealkylation sites (N-methyl/N-ethyl adjacent to an activating group) is 1. The van der Waals surface area contributed by atoms with Crippen LogP contribution in [0.4, 0.5) is 0 Å². The average Bonchev–Trinajstić information content (AvgIpc) is 2.69. The van der Waals surface area contributed by atoms with Crippen LogP contribution in [0.25, 0.3) is 0 Å². The van der Waals surface area contributed by atoms with Gasteiger partial charge in [0.25, 0.3) is 0 Å². The number of nitrogens with one attached hydrogen (secondary N) is 1. The molecule has 0 amide bonds. The number of hydrogen-bond acceptors (Lipinski definition) is 2. The largest absolute Gasteiger partial charge is 0.311 e. The van der Waals surface area contributed by atoms with Gasteiger partial charge in [0.15, 0.2) is 0 Å². The zero-order chi connectivity index (χ0) is 13.1. The lowest BCUT2D eigenvalue weighted by Crippen LogP contribution is -2.22. The van der Waals surface area contributed by atoms with Crippen LogP contribution in [0.5, 0.6) is 0 Å². The molecule has 0 saturated heterocycles. The van der Waals surface area contributed by atoms with Gasteiger partial charge in [-0.25, -0.2) is 0 Å². The molecule has 96 valence electrons. The molecule has 1 aromatic heterocycles. The first-order valence-corrected chi connectivity index (χ1v) is 6.82. The molecule has 1 atom stereocenters. The van der Waals surface area contributed by atoms with Crippen molar-refractivity contribution < 1.29 is 0 Å². The van der Waals surface area contributed by atoms with Crippen molar-refractivity contribution in [3.8, 4) is 0 Å². The monoisotopic (exact) mass is 307 g/mol. The fourth-order valence-electron chi connectivity index (χ4n) is 2.21. The van der Waals surface area contributed by atoms with Crippen molar-refractivity contribution in [1.82, 2.24) is 15.1 Å². The molecule has 2 aromatic rings. The summed E-state index contributed by atoms with van der Waals surface area (Å²) in [6.07, 6.45) is 2.80. The maximum atomic E-state index is 4.28. The molecule has 0 aliphatic heterocycles. The molecular formula is C14H18BrN3. The second-order valence-electron chi connectivity index (χ2n) is 4.47. The van der Waals surface area contributed by atoms with Crippen molar-refractivity contribution >= 4 is 15.9 Å². The Balaban J connectivity index is 2.28. The highest BCUT2D eigenvalue weighted by molar-refractivity contribution is 9.10. The van der Waals surface area contributed by atoms with Gasteiger partial charge in [-0.1, -0.05) is 24.3 Å². The van der Waals surface area contributed by atoms with Crippen LogP contribution < -0.4 is 5.32 Å². The van der Waals surface area contributed by atoms with E-state index in [2.05, 4.69) is 57.5 Å². The molecule has 0 spiro atoms. The summed E-state index contributed by atoms with van der Waals surface area (Å²) in [4.78, 5) is 0. The standard InChI is InChI=1S/C14H18BrN3/c1-10-6-4-5-7-11(10)8-13(16-2)14-12(15)9-17-18(14)3/h4-7,9,13,16H,8H2,1-3H3. The van der Waals surface area contributed by atoms with Gasteiger partial charge < -0.3 is 5.32 Å². The number of hydrogen-bond donors (Lipinski definition) is 1. The third kappa shape index (κ3) is 2.65. The highest BCUT2D eigenvalue weighted by Crippen LogP contribution is 2.26. The van der Waals surface area contributed by atoms with Crippen molar-refractivity contribution in [2.45, 2.75) is 19.4 Å². The van der Waals surface area contributed by atoms with Crippen LogP contribution in [-0.2, 0) is 13.5 Å². The van der Waals surface area contributed by atoms with Gasteiger partial charge in [-0.3, -0.25) is 4.68 Å². The van der Waals surface area contributed by atoms with Gasteiger partial charge in [0, 0.05) is 7.05 Å². The van der Waals surface area contributed by atoms with Gasteiger partial charge in [0.05, 0.1) is 22.4 Å². The molecule has 0 bridgehead atoms. The number of aryl methyl sites for hydroxylation is 2. The van der Waals surface area contributed by atoms with Crippen LogP contribution >= 0.6 is 15.9 Å². The first-order chi connectivity index (χ1) is 8.63. The summed E-state index contributed by atoms with van der Waals surface area (Å²) in [5, 5.41) is 7.65. The third-order valence-corrected chi connectivity index (χ3v) is 3.91. The molecular weight excluding hydrogens is 290 g/mol. The summed E-state index contributed by atoms with van der Waals surface area (Å²) in [5.74, 6) is 0. The molecule has 1 aromatic carbocycles. The van der Waals surface area contributed by atoms with E-state index in [1.165, 1.54) is 16.8 Å². The second kappa shape index (κ2) is 5.67. The molecule has 0 saturated carbocycles. The van der Waals surface area contributed by atoms with E-state index in [0.29, 0.717) is 0 Å². The lowest BCUT2D eigenvalue weighted by atomic mass is 9.99. The van der Waals surface area contributed by atoms with Crippen molar-refractivity contribution in [2.75, 3.05) is 7.05 Å². The predicted octanol–water partition coefficient (Wildman–Crippen LogP) is 2.99. The van der Waals surface area contributed by atoms with Gasteiger partial charge in [-0.15, -0.1) is 0 Å². The molecule has 4 heteroatoms. The number of rotatable bonds is 4. The van der Waals surface area contributed by atoms with E-state index in [1.54, 1.807) is 0 Å². The molecule has 2 rings (SSSR count). The topological polar surface area (TPSA) is 29.9 Å². The summed E-state index contributed by atoms with van der Waals surface area (Å²) in [7, 11) is 3.96. The van der Waals surface area contributed by atoms with Gasteiger partial charge in [0.2, 0.25) is 0 Å². The molecule has 1 heterocycles. The Morgan fingerprint density at radius 1 is 1.39 bits per heavy atom. The maximum absolute atomic E-state index is 4.28. The predicted molar refractivity (Wildman–Crippen MR) is 77.6 cm³/mol. The van der Waals surface area contributed by atoms with Crippen LogP contribution in [0.2, 0.25) is 0 Å². The van der Waals surface area contributed by atoms with Crippen molar-refractivity contribution in [3.05, 3.63) is 51.8 Å². The van der Waals surface area contributed by atoms with Gasteiger partial charge in [0.1, 0.15) is 0 Å². The highest BCUT2D eigenvalue weighted by Gasteiger charge is 2.18. The van der Waals surface area contributed by atoms with Crippen LogP contribution in [0, 0.1) is 6.92 Å². The lowest BCUT2D eigenvalue weighted by molar-refractivity contribution is 0.534. The maximum Gasteiger partial charge on any atom is 0.0695 e. The molecule has 3 nitrogen and oxygen atoms in total. The molecule has 1 unspecified atom stereocenters. The fraction of sp³-hybridized carbons (Fsp3) is 0.357. The van der Waals surface area contributed by atoms with Crippen LogP contribution in [0.3, 0.4) is 0 Å². The Kier molecular flexibility index (Phi) is 4.19. The first-order valence-electron chi connectivity index (χ1n) is 6.02. The zero-order valence-corrected chi connectivity index (χ0v) is 12.5. The summed E-state index contributed by atoms with van der Waals surface area (Å²) in [5.41, 5.74) is 3.88. The van der Waals surface area contributed by atoms with E-state index >= 15 is 0 Å². The van der Waals surface area contributed by atoms with Crippen LogP contribution in [0.15, 0.2) is 34.9 Å². The molecule has 0 aliphatic carbocycles. The van der Waals surface area contributed by atoms with Gasteiger partial charge >= 0.3 is 0 Å².